The van der Waals surface area contributed by atoms with E-state index in [1.807, 2.05) is 6.92 Å². The molecule has 7 heteroatoms. The zero-order valence-corrected chi connectivity index (χ0v) is 12.6. The summed E-state index contributed by atoms with van der Waals surface area (Å²) < 4.78 is 42.1. The highest BCUT2D eigenvalue weighted by Gasteiger charge is 2.35. The second-order valence-corrected chi connectivity index (χ2v) is 5.10. The third kappa shape index (κ3) is 4.22. The molecule has 0 aliphatic heterocycles. The van der Waals surface area contributed by atoms with Gasteiger partial charge in [-0.25, -0.2) is 4.79 Å². The summed E-state index contributed by atoms with van der Waals surface area (Å²) in [6.45, 7) is 3.36. The van der Waals surface area contributed by atoms with Crippen molar-refractivity contribution in [2.45, 2.75) is 38.4 Å². The summed E-state index contributed by atoms with van der Waals surface area (Å²) in [6.07, 6.45) is -3.48. The maximum absolute atomic E-state index is 12.5. The topological polar surface area (TPSA) is 55.4 Å². The van der Waals surface area contributed by atoms with Crippen molar-refractivity contribution < 1.29 is 27.5 Å². The van der Waals surface area contributed by atoms with Gasteiger partial charge in [-0.15, -0.1) is 0 Å². The van der Waals surface area contributed by atoms with E-state index in [0.29, 0.717) is 12.8 Å². The first-order valence-electron chi connectivity index (χ1n) is 6.72. The Morgan fingerprint density at radius 3 is 2.14 bits per heavy atom. The third-order valence-corrected chi connectivity index (χ3v) is 3.25. The zero-order valence-electron chi connectivity index (χ0n) is 12.6. The predicted octanol–water partition coefficient (Wildman–Crippen LogP) is 3.17. The van der Waals surface area contributed by atoms with Crippen LogP contribution in [0.4, 0.5) is 13.2 Å². The summed E-state index contributed by atoms with van der Waals surface area (Å²) in [5.74, 6) is -1.23. The van der Waals surface area contributed by atoms with E-state index in [2.05, 4.69) is 10.1 Å². The molecule has 0 fully saturated rings. The van der Waals surface area contributed by atoms with Crippen molar-refractivity contribution in [3.63, 3.8) is 0 Å². The molecule has 1 N–H and O–H groups in total. The fraction of sp³-hybridized carbons (Fsp3) is 0.467. The highest BCUT2D eigenvalue weighted by molar-refractivity contribution is 5.98. The van der Waals surface area contributed by atoms with E-state index in [-0.39, 0.29) is 5.56 Å². The summed E-state index contributed by atoms with van der Waals surface area (Å²) in [5, 5.41) is 2.52. The van der Waals surface area contributed by atoms with Gasteiger partial charge in [-0.1, -0.05) is 13.3 Å². The van der Waals surface area contributed by atoms with E-state index in [1.54, 1.807) is 0 Å². The first-order chi connectivity index (χ1) is 10.1. The van der Waals surface area contributed by atoms with Gasteiger partial charge in [-0.3, -0.25) is 4.79 Å². The number of methoxy groups -OCH3 is 1. The average molecular weight is 317 g/mol. The van der Waals surface area contributed by atoms with Crippen LogP contribution < -0.4 is 5.32 Å². The van der Waals surface area contributed by atoms with Crippen molar-refractivity contribution in [2.24, 2.45) is 0 Å². The number of carbonyl (C=O) groups is 2. The molecule has 4 nitrogen and oxygen atoms in total. The van der Waals surface area contributed by atoms with Crippen LogP contribution >= 0.6 is 0 Å². The molecule has 0 heterocycles. The summed E-state index contributed by atoms with van der Waals surface area (Å²) in [6, 6.07) is 3.79. The van der Waals surface area contributed by atoms with Gasteiger partial charge in [-0.2, -0.15) is 13.2 Å². The van der Waals surface area contributed by atoms with Gasteiger partial charge in [0.2, 0.25) is 0 Å². The number of esters is 1. The molecule has 1 aromatic rings. The van der Waals surface area contributed by atoms with Crippen LogP contribution in [0.15, 0.2) is 24.3 Å². The van der Waals surface area contributed by atoms with Crippen molar-refractivity contribution in [3.8, 4) is 0 Å². The number of rotatable bonds is 5. The Balaban J connectivity index is 2.93. The molecule has 0 bridgehead atoms. The molecule has 0 saturated heterocycles. The molecule has 1 amide bonds. The van der Waals surface area contributed by atoms with E-state index in [4.69, 9.17) is 0 Å². The van der Waals surface area contributed by atoms with Gasteiger partial charge >= 0.3 is 12.1 Å². The van der Waals surface area contributed by atoms with Crippen LogP contribution in [0, 0.1) is 0 Å². The number of amides is 1. The lowest BCUT2D eigenvalue weighted by atomic mass is 9.95. The molecule has 22 heavy (non-hydrogen) atoms. The molecule has 0 aliphatic carbocycles. The molecule has 0 radical (unpaired) electrons. The molecule has 0 aliphatic rings. The number of benzene rings is 1. The number of halogens is 3. The maximum Gasteiger partial charge on any atom is 0.416 e. The molecule has 1 atom stereocenters. The van der Waals surface area contributed by atoms with Crippen molar-refractivity contribution in [3.05, 3.63) is 35.4 Å². The Morgan fingerprint density at radius 2 is 1.73 bits per heavy atom. The molecule has 0 saturated carbocycles. The second kappa shape index (κ2) is 6.81. The number of ether oxygens (including phenoxy) is 1. The molecule has 0 spiro atoms. The van der Waals surface area contributed by atoms with Gasteiger partial charge in [0.25, 0.3) is 5.91 Å². The fourth-order valence-electron chi connectivity index (χ4n) is 2.07. The van der Waals surface area contributed by atoms with Crippen molar-refractivity contribution in [2.75, 3.05) is 7.11 Å². The monoisotopic (exact) mass is 317 g/mol. The van der Waals surface area contributed by atoms with Crippen molar-refractivity contribution in [1.82, 2.24) is 5.32 Å². The molecule has 122 valence electrons. The van der Waals surface area contributed by atoms with Crippen LogP contribution in [0.5, 0.6) is 0 Å². The lowest BCUT2D eigenvalue weighted by Gasteiger charge is -2.27. The van der Waals surface area contributed by atoms with Crippen LogP contribution in [-0.4, -0.2) is 24.5 Å². The van der Waals surface area contributed by atoms with Crippen LogP contribution in [0.1, 0.15) is 42.6 Å². The smallest absolute Gasteiger partial charge is 0.416 e. The summed E-state index contributed by atoms with van der Waals surface area (Å²) >= 11 is 0. The van der Waals surface area contributed by atoms with E-state index < -0.39 is 29.2 Å². The second-order valence-electron chi connectivity index (χ2n) is 5.10. The lowest BCUT2D eigenvalue weighted by Crippen LogP contribution is -2.52. The number of hydrogen-bond acceptors (Lipinski definition) is 3. The number of carbonyl (C=O) groups excluding carboxylic acids is 2. The highest BCUT2D eigenvalue weighted by Crippen LogP contribution is 2.29. The molecule has 1 aromatic carbocycles. The van der Waals surface area contributed by atoms with Crippen LogP contribution in [0.2, 0.25) is 0 Å². The molecule has 1 rings (SSSR count). The highest BCUT2D eigenvalue weighted by atomic mass is 19.4. The predicted molar refractivity (Wildman–Crippen MR) is 74.2 cm³/mol. The van der Waals surface area contributed by atoms with Crippen molar-refractivity contribution in [1.29, 1.82) is 0 Å². The minimum atomic E-state index is -4.46. The van der Waals surface area contributed by atoms with Crippen LogP contribution in [0.25, 0.3) is 0 Å². The molecular formula is C15H18F3NO3. The minimum absolute atomic E-state index is 0.0410. The number of alkyl halides is 3. The first-order valence-corrected chi connectivity index (χ1v) is 6.72. The Morgan fingerprint density at radius 1 is 1.18 bits per heavy atom. The largest absolute Gasteiger partial charge is 0.467 e. The van der Waals surface area contributed by atoms with E-state index in [1.165, 1.54) is 14.0 Å². The third-order valence-electron chi connectivity index (χ3n) is 3.25. The quantitative estimate of drug-likeness (QED) is 0.849. The Bertz CT molecular complexity index is 540. The summed E-state index contributed by atoms with van der Waals surface area (Å²) in [4.78, 5) is 23.9. The summed E-state index contributed by atoms with van der Waals surface area (Å²) in [5.41, 5.74) is -2.02. The number of hydrogen-bond donors (Lipinski definition) is 1. The van der Waals surface area contributed by atoms with E-state index in [9.17, 15) is 22.8 Å². The average Bonchev–Trinajstić information content (AvgIpc) is 2.45. The Kier molecular flexibility index (Phi) is 5.57. The minimum Gasteiger partial charge on any atom is -0.467 e. The van der Waals surface area contributed by atoms with Gasteiger partial charge in [0.1, 0.15) is 5.54 Å². The van der Waals surface area contributed by atoms with Crippen molar-refractivity contribution >= 4 is 11.9 Å². The SMILES string of the molecule is CCCC(C)(NC(=O)c1ccc(C(F)(F)F)cc1)C(=O)OC. The van der Waals surface area contributed by atoms with Gasteiger partial charge < -0.3 is 10.1 Å². The fourth-order valence-corrected chi connectivity index (χ4v) is 2.07. The zero-order chi connectivity index (χ0) is 17.0. The van der Waals surface area contributed by atoms with Gasteiger partial charge in [0.05, 0.1) is 12.7 Å². The maximum atomic E-state index is 12.5. The molecule has 1 unspecified atom stereocenters. The Hall–Kier alpha value is -2.05. The lowest BCUT2D eigenvalue weighted by molar-refractivity contribution is -0.147. The van der Waals surface area contributed by atoms with Gasteiger partial charge in [0.15, 0.2) is 0 Å². The van der Waals surface area contributed by atoms with Crippen LogP contribution in [0.3, 0.4) is 0 Å². The Labute approximate surface area is 126 Å². The summed E-state index contributed by atoms with van der Waals surface area (Å²) in [7, 11) is 1.21. The standard InChI is InChI=1S/C15H18F3NO3/c1-4-9-14(2,13(21)22-3)19-12(20)10-5-7-11(8-6-10)15(16,17)18/h5-8H,4,9H2,1-3H3,(H,19,20). The van der Waals surface area contributed by atoms with E-state index in [0.717, 1.165) is 24.3 Å². The first kappa shape index (κ1) is 18.0. The number of nitrogens with one attached hydrogen (secondary N) is 1. The molecular weight excluding hydrogens is 299 g/mol. The normalized spacial score (nSPS) is 14.1. The van der Waals surface area contributed by atoms with E-state index >= 15 is 0 Å². The van der Waals surface area contributed by atoms with Gasteiger partial charge in [-0.05, 0) is 37.6 Å². The molecule has 0 aromatic heterocycles. The van der Waals surface area contributed by atoms with Gasteiger partial charge in [0, 0.05) is 5.56 Å². The van der Waals surface area contributed by atoms with Crippen LogP contribution in [-0.2, 0) is 15.7 Å².